The molecular formula is C8H9ClF3N3O3. The SMILES string of the molecule is Cn1nc(C(F)(F)F)c(C(O)C(O)C(N)=O)c1Cl. The number of halogens is 4. The molecule has 2 atom stereocenters. The van der Waals surface area contributed by atoms with E-state index in [1.807, 2.05) is 0 Å². The molecule has 1 aromatic rings. The molecule has 0 radical (unpaired) electrons. The van der Waals surface area contributed by atoms with E-state index < -0.39 is 40.7 Å². The van der Waals surface area contributed by atoms with E-state index in [2.05, 4.69) is 10.8 Å². The van der Waals surface area contributed by atoms with E-state index in [0.717, 1.165) is 7.05 Å². The van der Waals surface area contributed by atoms with Gasteiger partial charge in [-0.2, -0.15) is 18.3 Å². The molecule has 6 nitrogen and oxygen atoms in total. The lowest BCUT2D eigenvalue weighted by Crippen LogP contribution is -2.34. The Balaban J connectivity index is 3.35. The normalized spacial score (nSPS) is 15.5. The first-order valence-electron chi connectivity index (χ1n) is 4.52. The number of rotatable bonds is 3. The fraction of sp³-hybridized carbons (Fsp3) is 0.500. The molecule has 0 bridgehead atoms. The van der Waals surface area contributed by atoms with Gasteiger partial charge in [-0.05, 0) is 0 Å². The third-order valence-corrected chi connectivity index (χ3v) is 2.61. The number of aliphatic hydroxyl groups is 2. The number of hydrogen-bond donors (Lipinski definition) is 3. The summed E-state index contributed by atoms with van der Waals surface area (Å²) in [6.07, 6.45) is -9.31. The molecule has 0 saturated carbocycles. The van der Waals surface area contributed by atoms with Gasteiger partial charge in [0.25, 0.3) is 0 Å². The summed E-state index contributed by atoms with van der Waals surface area (Å²) >= 11 is 5.54. The van der Waals surface area contributed by atoms with Crippen LogP contribution in [0.25, 0.3) is 0 Å². The van der Waals surface area contributed by atoms with E-state index in [9.17, 15) is 28.2 Å². The molecule has 10 heteroatoms. The number of hydrogen-bond acceptors (Lipinski definition) is 4. The average Bonchev–Trinajstić information content (AvgIpc) is 2.53. The number of aromatic nitrogens is 2. The molecule has 0 saturated heterocycles. The Labute approximate surface area is 104 Å². The van der Waals surface area contributed by atoms with Gasteiger partial charge in [-0.1, -0.05) is 11.6 Å². The minimum absolute atomic E-state index is 0.546. The van der Waals surface area contributed by atoms with Crippen LogP contribution in [-0.4, -0.2) is 32.0 Å². The molecular weight excluding hydrogens is 279 g/mol. The summed E-state index contributed by atoms with van der Waals surface area (Å²) in [6, 6.07) is 0. The highest BCUT2D eigenvalue weighted by Gasteiger charge is 2.42. The molecule has 1 rings (SSSR count). The number of aryl methyl sites for hydroxylation is 1. The maximum Gasteiger partial charge on any atom is 0.435 e. The number of aliphatic hydroxyl groups excluding tert-OH is 2. The predicted octanol–water partition coefficient (Wildman–Crippen LogP) is -0.0281. The van der Waals surface area contributed by atoms with E-state index in [1.54, 1.807) is 0 Å². The van der Waals surface area contributed by atoms with Crippen LogP contribution in [0.4, 0.5) is 13.2 Å². The molecule has 0 spiro atoms. The lowest BCUT2D eigenvalue weighted by atomic mass is 10.0. The highest BCUT2D eigenvalue weighted by atomic mass is 35.5. The second-order valence-corrected chi connectivity index (χ2v) is 3.82. The monoisotopic (exact) mass is 287 g/mol. The maximum absolute atomic E-state index is 12.6. The largest absolute Gasteiger partial charge is 0.435 e. The van der Waals surface area contributed by atoms with Crippen LogP contribution in [0.5, 0.6) is 0 Å². The summed E-state index contributed by atoms with van der Waals surface area (Å²) in [6.45, 7) is 0. The van der Waals surface area contributed by atoms with Gasteiger partial charge < -0.3 is 15.9 Å². The highest BCUT2D eigenvalue weighted by Crippen LogP contribution is 2.38. The van der Waals surface area contributed by atoms with Crippen molar-refractivity contribution in [3.63, 3.8) is 0 Å². The van der Waals surface area contributed by atoms with Crippen LogP contribution in [0, 0.1) is 0 Å². The first-order valence-corrected chi connectivity index (χ1v) is 4.90. The second kappa shape index (κ2) is 4.75. The second-order valence-electron chi connectivity index (χ2n) is 3.47. The Morgan fingerprint density at radius 3 is 2.39 bits per heavy atom. The van der Waals surface area contributed by atoms with Gasteiger partial charge >= 0.3 is 6.18 Å². The summed E-state index contributed by atoms with van der Waals surface area (Å²) in [7, 11) is 1.12. The smallest absolute Gasteiger partial charge is 0.385 e. The first kappa shape index (κ1) is 14.7. The van der Waals surface area contributed by atoms with Crippen LogP contribution in [-0.2, 0) is 18.0 Å². The molecule has 18 heavy (non-hydrogen) atoms. The Kier molecular flexibility index (Phi) is 3.89. The fourth-order valence-electron chi connectivity index (χ4n) is 1.30. The molecule has 0 aliphatic rings. The zero-order chi connectivity index (χ0) is 14.2. The number of primary amides is 1. The van der Waals surface area contributed by atoms with Crippen molar-refractivity contribution in [3.8, 4) is 0 Å². The van der Waals surface area contributed by atoms with E-state index in [-0.39, 0.29) is 0 Å². The van der Waals surface area contributed by atoms with Crippen molar-refractivity contribution in [1.29, 1.82) is 0 Å². The molecule has 1 heterocycles. The quantitative estimate of drug-likeness (QED) is 0.727. The minimum Gasteiger partial charge on any atom is -0.385 e. The Bertz CT molecular complexity index is 474. The molecule has 0 aromatic carbocycles. The number of carbonyl (C=O) groups is 1. The Morgan fingerprint density at radius 1 is 1.50 bits per heavy atom. The van der Waals surface area contributed by atoms with Gasteiger partial charge in [-0.3, -0.25) is 9.48 Å². The van der Waals surface area contributed by atoms with E-state index in [4.69, 9.17) is 11.6 Å². The number of nitrogens with zero attached hydrogens (tertiary/aromatic N) is 2. The number of amides is 1. The van der Waals surface area contributed by atoms with Gasteiger partial charge in [0.1, 0.15) is 11.3 Å². The van der Waals surface area contributed by atoms with Crippen LogP contribution < -0.4 is 5.73 Å². The molecule has 102 valence electrons. The highest BCUT2D eigenvalue weighted by molar-refractivity contribution is 6.30. The van der Waals surface area contributed by atoms with E-state index >= 15 is 0 Å². The van der Waals surface area contributed by atoms with Crippen molar-refractivity contribution in [1.82, 2.24) is 9.78 Å². The van der Waals surface area contributed by atoms with E-state index in [1.165, 1.54) is 0 Å². The van der Waals surface area contributed by atoms with Gasteiger partial charge in [-0.25, -0.2) is 0 Å². The average molecular weight is 288 g/mol. The van der Waals surface area contributed by atoms with Gasteiger partial charge in [0.05, 0.1) is 5.56 Å². The minimum atomic E-state index is -4.89. The van der Waals surface area contributed by atoms with Crippen molar-refractivity contribution < 1.29 is 28.2 Å². The zero-order valence-electron chi connectivity index (χ0n) is 8.94. The van der Waals surface area contributed by atoms with Crippen molar-refractivity contribution in [2.45, 2.75) is 18.4 Å². The van der Waals surface area contributed by atoms with Crippen molar-refractivity contribution in [2.75, 3.05) is 0 Å². The summed E-state index contributed by atoms with van der Waals surface area (Å²) in [5, 5.41) is 21.2. The van der Waals surface area contributed by atoms with Crippen LogP contribution in [0.15, 0.2) is 0 Å². The van der Waals surface area contributed by atoms with Crippen molar-refractivity contribution in [2.24, 2.45) is 12.8 Å². The maximum atomic E-state index is 12.6. The third kappa shape index (κ3) is 2.57. The van der Waals surface area contributed by atoms with Crippen LogP contribution in [0.3, 0.4) is 0 Å². The molecule has 2 unspecified atom stereocenters. The van der Waals surface area contributed by atoms with Gasteiger partial charge in [0.2, 0.25) is 5.91 Å². The molecule has 0 fully saturated rings. The number of nitrogens with two attached hydrogens (primary N) is 1. The predicted molar refractivity (Wildman–Crippen MR) is 53.4 cm³/mol. The summed E-state index contributed by atoms with van der Waals surface area (Å²) < 4.78 is 38.5. The van der Waals surface area contributed by atoms with Crippen LogP contribution in [0.1, 0.15) is 17.4 Å². The number of carbonyl (C=O) groups excluding carboxylic acids is 1. The zero-order valence-corrected chi connectivity index (χ0v) is 9.70. The van der Waals surface area contributed by atoms with E-state index in [0.29, 0.717) is 4.68 Å². The van der Waals surface area contributed by atoms with Crippen molar-refractivity contribution >= 4 is 17.5 Å². The topological polar surface area (TPSA) is 101 Å². The van der Waals surface area contributed by atoms with Gasteiger partial charge in [-0.15, -0.1) is 0 Å². The molecule has 0 aliphatic carbocycles. The Morgan fingerprint density at radius 2 is 2.00 bits per heavy atom. The third-order valence-electron chi connectivity index (χ3n) is 2.17. The molecule has 0 aliphatic heterocycles. The summed E-state index contributed by atoms with van der Waals surface area (Å²) in [4.78, 5) is 10.7. The molecule has 4 N–H and O–H groups in total. The van der Waals surface area contributed by atoms with Gasteiger partial charge in [0, 0.05) is 7.05 Å². The van der Waals surface area contributed by atoms with Crippen LogP contribution >= 0.6 is 11.6 Å². The lowest BCUT2D eigenvalue weighted by molar-refractivity contribution is -0.145. The number of alkyl halides is 3. The van der Waals surface area contributed by atoms with Crippen LogP contribution in [0.2, 0.25) is 5.15 Å². The molecule has 1 amide bonds. The van der Waals surface area contributed by atoms with Gasteiger partial charge in [0.15, 0.2) is 11.8 Å². The first-order chi connectivity index (χ1) is 8.07. The summed E-state index contributed by atoms with van der Waals surface area (Å²) in [5.41, 5.74) is 2.32. The van der Waals surface area contributed by atoms with Crippen molar-refractivity contribution in [3.05, 3.63) is 16.4 Å². The fourth-order valence-corrected chi connectivity index (χ4v) is 1.54. The lowest BCUT2D eigenvalue weighted by Gasteiger charge is -2.16. The summed E-state index contributed by atoms with van der Waals surface area (Å²) in [5.74, 6) is -1.38. The standard InChI is InChI=1S/C8H9ClF3N3O3/c1-15-6(9)2(3(16)4(17)7(13)18)5(14-15)8(10,11)12/h3-4,16-17H,1H3,(H2,13,18). The molecule has 1 aromatic heterocycles. The Hall–Kier alpha value is -1.32.